The average molecular weight is 379 g/mol. The number of unbranched alkanes of at least 4 members (excludes halogenated alkanes) is 1. The molecule has 1 aromatic carbocycles. The maximum Gasteiger partial charge on any atom is 0.311 e. The lowest BCUT2D eigenvalue weighted by Crippen LogP contribution is -2.13. The van der Waals surface area contributed by atoms with E-state index in [1.807, 2.05) is 0 Å². The summed E-state index contributed by atoms with van der Waals surface area (Å²) in [5.41, 5.74) is 0. The molecule has 5 heteroatoms. The van der Waals surface area contributed by atoms with Gasteiger partial charge in [-0.05, 0) is 43.2 Å². The van der Waals surface area contributed by atoms with Crippen LogP contribution in [0.5, 0.6) is 17.2 Å². The van der Waals surface area contributed by atoms with E-state index < -0.39 is 0 Å². The molecule has 5 nitrogen and oxygen atoms in total. The third-order valence-electron chi connectivity index (χ3n) is 3.98. The average Bonchev–Trinajstić information content (AvgIpc) is 2.60. The molecule has 0 heterocycles. The van der Waals surface area contributed by atoms with Crippen LogP contribution >= 0.6 is 0 Å². The summed E-state index contributed by atoms with van der Waals surface area (Å²) in [6.07, 6.45) is 4.11. The minimum absolute atomic E-state index is 0.232. The number of carbonyl (C=O) groups excluding carboxylic acids is 2. The molecule has 0 fully saturated rings. The molecule has 0 saturated carbocycles. The van der Waals surface area contributed by atoms with E-state index in [9.17, 15) is 9.59 Å². The first kappa shape index (κ1) is 23.0. The summed E-state index contributed by atoms with van der Waals surface area (Å²) in [6, 6.07) is 4.97. The second-order valence-electron chi connectivity index (χ2n) is 7.62. The highest BCUT2D eigenvalue weighted by atomic mass is 16.6. The molecule has 27 heavy (non-hydrogen) atoms. The van der Waals surface area contributed by atoms with Gasteiger partial charge in [-0.15, -0.1) is 0 Å². The maximum absolute atomic E-state index is 12.1. The topological polar surface area (TPSA) is 61.8 Å². The van der Waals surface area contributed by atoms with E-state index in [2.05, 4.69) is 34.6 Å². The third kappa shape index (κ3) is 10.0. The molecule has 0 radical (unpaired) electrons. The fourth-order valence-corrected chi connectivity index (χ4v) is 2.24. The Morgan fingerprint density at radius 3 is 1.96 bits per heavy atom. The predicted octanol–water partition coefficient (Wildman–Crippen LogP) is 5.55. The van der Waals surface area contributed by atoms with Crippen LogP contribution in [-0.4, -0.2) is 18.5 Å². The van der Waals surface area contributed by atoms with Crippen LogP contribution in [-0.2, 0) is 9.59 Å². The molecule has 0 spiro atoms. The first-order valence-electron chi connectivity index (χ1n) is 10.00. The van der Waals surface area contributed by atoms with Crippen molar-refractivity contribution in [2.24, 2.45) is 11.8 Å². The van der Waals surface area contributed by atoms with Crippen molar-refractivity contribution in [3.63, 3.8) is 0 Å². The molecular formula is C22H34O5. The molecule has 152 valence electrons. The standard InChI is InChI=1S/C22H34O5/c1-6-7-14-25-18-10-11-19(26-21(23)12-8-16(2)3)20(15-18)27-22(24)13-9-17(4)5/h10-11,15-17H,6-9,12-14H2,1-5H3. The Bertz CT molecular complexity index is 592. The number of esters is 2. The molecule has 1 rings (SSSR count). The fraction of sp³-hybridized carbons (Fsp3) is 0.636. The van der Waals surface area contributed by atoms with Gasteiger partial charge in [0, 0.05) is 18.9 Å². The molecule has 0 saturated heterocycles. The highest BCUT2D eigenvalue weighted by Gasteiger charge is 2.16. The number of carbonyl (C=O) groups is 2. The van der Waals surface area contributed by atoms with Gasteiger partial charge in [0.2, 0.25) is 0 Å². The predicted molar refractivity (Wildman–Crippen MR) is 106 cm³/mol. The largest absolute Gasteiger partial charge is 0.493 e. The van der Waals surface area contributed by atoms with Crippen molar-refractivity contribution in [3.8, 4) is 17.2 Å². The van der Waals surface area contributed by atoms with Gasteiger partial charge < -0.3 is 14.2 Å². The zero-order valence-electron chi connectivity index (χ0n) is 17.4. The van der Waals surface area contributed by atoms with Crippen molar-refractivity contribution in [1.82, 2.24) is 0 Å². The normalized spacial score (nSPS) is 10.9. The number of ether oxygens (including phenoxy) is 3. The summed E-state index contributed by atoms with van der Waals surface area (Å²) in [4.78, 5) is 24.2. The Kier molecular flexibility index (Phi) is 10.5. The first-order valence-corrected chi connectivity index (χ1v) is 10.00. The molecule has 0 aliphatic heterocycles. The van der Waals surface area contributed by atoms with Gasteiger partial charge in [-0.1, -0.05) is 41.0 Å². The van der Waals surface area contributed by atoms with Gasteiger partial charge in [0.1, 0.15) is 5.75 Å². The van der Waals surface area contributed by atoms with Crippen molar-refractivity contribution in [1.29, 1.82) is 0 Å². The van der Waals surface area contributed by atoms with E-state index in [1.54, 1.807) is 18.2 Å². The number of rotatable bonds is 12. The fourth-order valence-electron chi connectivity index (χ4n) is 2.24. The van der Waals surface area contributed by atoms with Crippen molar-refractivity contribution in [2.75, 3.05) is 6.61 Å². The number of hydrogen-bond acceptors (Lipinski definition) is 5. The first-order chi connectivity index (χ1) is 12.8. The highest BCUT2D eigenvalue weighted by Crippen LogP contribution is 2.33. The van der Waals surface area contributed by atoms with Crippen LogP contribution < -0.4 is 14.2 Å². The Labute approximate surface area is 163 Å². The van der Waals surface area contributed by atoms with Gasteiger partial charge in [0.05, 0.1) is 6.61 Å². The molecule has 0 amide bonds. The number of hydrogen-bond donors (Lipinski definition) is 0. The van der Waals surface area contributed by atoms with Crippen molar-refractivity contribution in [2.45, 2.75) is 73.1 Å². The Morgan fingerprint density at radius 2 is 1.44 bits per heavy atom. The highest BCUT2D eigenvalue weighted by molar-refractivity contribution is 5.76. The zero-order valence-corrected chi connectivity index (χ0v) is 17.4. The van der Waals surface area contributed by atoms with Gasteiger partial charge in [-0.3, -0.25) is 9.59 Å². The second kappa shape index (κ2) is 12.4. The lowest BCUT2D eigenvalue weighted by Gasteiger charge is -2.13. The molecule has 1 aromatic rings. The van der Waals surface area contributed by atoms with E-state index in [0.717, 1.165) is 25.7 Å². The van der Waals surface area contributed by atoms with Gasteiger partial charge in [0.15, 0.2) is 11.5 Å². The lowest BCUT2D eigenvalue weighted by molar-refractivity contribution is -0.137. The van der Waals surface area contributed by atoms with Gasteiger partial charge in [0.25, 0.3) is 0 Å². The summed E-state index contributed by atoms with van der Waals surface area (Å²) >= 11 is 0. The Hall–Kier alpha value is -2.04. The van der Waals surface area contributed by atoms with Crippen molar-refractivity contribution in [3.05, 3.63) is 18.2 Å². The van der Waals surface area contributed by atoms with E-state index in [-0.39, 0.29) is 23.4 Å². The molecule has 0 aliphatic carbocycles. The summed E-state index contributed by atoms with van der Waals surface area (Å²) in [5.74, 6) is 1.24. The minimum atomic E-state index is -0.339. The van der Waals surface area contributed by atoms with Crippen LogP contribution in [0, 0.1) is 11.8 Å². The van der Waals surface area contributed by atoms with Crippen LogP contribution in [0.25, 0.3) is 0 Å². The lowest BCUT2D eigenvalue weighted by atomic mass is 10.1. The van der Waals surface area contributed by atoms with Gasteiger partial charge in [-0.2, -0.15) is 0 Å². The number of benzene rings is 1. The van der Waals surface area contributed by atoms with E-state index >= 15 is 0 Å². The molecule has 0 bridgehead atoms. The van der Waals surface area contributed by atoms with Crippen LogP contribution in [0.3, 0.4) is 0 Å². The molecule has 0 aromatic heterocycles. The molecule has 0 aliphatic rings. The SMILES string of the molecule is CCCCOc1ccc(OC(=O)CCC(C)C)c(OC(=O)CCC(C)C)c1. The molecule has 0 atom stereocenters. The minimum Gasteiger partial charge on any atom is -0.493 e. The summed E-state index contributed by atoms with van der Waals surface area (Å²) in [7, 11) is 0. The summed E-state index contributed by atoms with van der Waals surface area (Å²) < 4.78 is 16.6. The Morgan fingerprint density at radius 1 is 0.889 bits per heavy atom. The monoisotopic (exact) mass is 378 g/mol. The second-order valence-corrected chi connectivity index (χ2v) is 7.62. The van der Waals surface area contributed by atoms with Gasteiger partial charge in [-0.25, -0.2) is 0 Å². The molecule has 0 unspecified atom stereocenters. The van der Waals surface area contributed by atoms with Crippen LogP contribution in [0.4, 0.5) is 0 Å². The van der Waals surface area contributed by atoms with Crippen LogP contribution in [0.15, 0.2) is 18.2 Å². The van der Waals surface area contributed by atoms with Gasteiger partial charge >= 0.3 is 11.9 Å². The smallest absolute Gasteiger partial charge is 0.311 e. The third-order valence-corrected chi connectivity index (χ3v) is 3.98. The van der Waals surface area contributed by atoms with E-state index in [4.69, 9.17) is 14.2 Å². The van der Waals surface area contributed by atoms with E-state index in [1.165, 1.54) is 0 Å². The Balaban J connectivity index is 2.85. The van der Waals surface area contributed by atoms with Crippen molar-refractivity contribution < 1.29 is 23.8 Å². The quantitative estimate of drug-likeness (QED) is 0.271. The summed E-state index contributed by atoms with van der Waals surface area (Å²) in [5, 5.41) is 0. The van der Waals surface area contributed by atoms with Crippen molar-refractivity contribution >= 4 is 11.9 Å². The zero-order chi connectivity index (χ0) is 20.2. The van der Waals surface area contributed by atoms with Crippen LogP contribution in [0.2, 0.25) is 0 Å². The molecular weight excluding hydrogens is 344 g/mol. The van der Waals surface area contributed by atoms with E-state index in [0.29, 0.717) is 37.0 Å². The van der Waals surface area contributed by atoms with Crippen LogP contribution in [0.1, 0.15) is 73.1 Å². The molecule has 0 N–H and O–H groups in total. The summed E-state index contributed by atoms with van der Waals surface area (Å²) in [6.45, 7) is 10.9. The maximum atomic E-state index is 12.1.